The Morgan fingerprint density at radius 3 is 1.62 bits per heavy atom. The van der Waals surface area contributed by atoms with E-state index in [1.165, 1.54) is 51.8 Å². The van der Waals surface area contributed by atoms with Gasteiger partial charge >= 0.3 is 153 Å². The summed E-state index contributed by atoms with van der Waals surface area (Å²) in [5.41, 5.74) is 0. The van der Waals surface area contributed by atoms with Crippen LogP contribution in [0.4, 0.5) is 0 Å². The van der Waals surface area contributed by atoms with E-state index in [4.69, 9.17) is 4.74 Å². The van der Waals surface area contributed by atoms with Crippen molar-refractivity contribution in [1.82, 2.24) is 0 Å². The average molecular weight is 544 g/mol. The molecule has 0 saturated carbocycles. The molecule has 29 heavy (non-hydrogen) atoms. The summed E-state index contributed by atoms with van der Waals surface area (Å²) in [6, 6.07) is 23.8. The second-order valence-corrected chi connectivity index (χ2v) is 21.1. The summed E-state index contributed by atoms with van der Waals surface area (Å²) in [6.45, 7) is 6.96. The molecule has 4 heteroatoms. The van der Waals surface area contributed by atoms with E-state index in [9.17, 15) is 0 Å². The van der Waals surface area contributed by atoms with Crippen molar-refractivity contribution < 1.29 is 21.8 Å². The summed E-state index contributed by atoms with van der Waals surface area (Å²) < 4.78 is 11.8. The predicted octanol–water partition coefficient (Wildman–Crippen LogP) is 7.36. The maximum atomic E-state index is 6.20. The summed E-state index contributed by atoms with van der Waals surface area (Å²) in [4.78, 5) is 0. The third-order valence-corrected chi connectivity index (χ3v) is 19.3. The van der Waals surface area contributed by atoms with Gasteiger partial charge in [0.1, 0.15) is 0 Å². The van der Waals surface area contributed by atoms with Crippen molar-refractivity contribution in [2.45, 2.75) is 72.6 Å². The van der Waals surface area contributed by atoms with Gasteiger partial charge in [-0.2, -0.15) is 36.4 Å². The van der Waals surface area contributed by atoms with E-state index in [0.717, 1.165) is 10.4 Å². The third-order valence-electron chi connectivity index (χ3n) is 5.00. The summed E-state index contributed by atoms with van der Waals surface area (Å²) in [6.07, 6.45) is 8.21. The Bertz CT molecular complexity index is 505. The SMILES string of the molecule is CCC[CH2][Sn]([CH2]CCC)([CH2]CCC)[CH2]Oc1[c-]cccc1.[Cu+2].[Li].[c-]1ccccc1. The van der Waals surface area contributed by atoms with Crippen LogP contribution < -0.4 is 4.74 Å². The van der Waals surface area contributed by atoms with Crippen LogP contribution in [0.3, 0.4) is 0 Å². The molecule has 2 rings (SSSR count). The van der Waals surface area contributed by atoms with Gasteiger partial charge < -0.3 is 0 Å². The van der Waals surface area contributed by atoms with Crippen molar-refractivity contribution in [2.24, 2.45) is 0 Å². The number of hydrogen-bond donors (Lipinski definition) is 0. The van der Waals surface area contributed by atoms with Gasteiger partial charge in [0.25, 0.3) is 0 Å². The molecule has 0 aliphatic rings. The Balaban J connectivity index is 0. The van der Waals surface area contributed by atoms with E-state index in [-0.39, 0.29) is 35.9 Å². The minimum atomic E-state index is -2.13. The molecule has 2 aromatic carbocycles. The molecular weight excluding hydrogens is 505 g/mol. The van der Waals surface area contributed by atoms with E-state index in [1.807, 2.05) is 48.5 Å². The molecule has 0 bridgehead atoms. The van der Waals surface area contributed by atoms with Gasteiger partial charge in [0.15, 0.2) is 0 Å². The molecule has 0 saturated heterocycles. The molecule has 2 radical (unpaired) electrons. The molecule has 0 unspecified atom stereocenters. The molecule has 0 spiro atoms. The number of rotatable bonds is 12. The van der Waals surface area contributed by atoms with Crippen molar-refractivity contribution in [1.29, 1.82) is 0 Å². The Morgan fingerprint density at radius 1 is 0.759 bits per heavy atom. The van der Waals surface area contributed by atoms with Crippen LogP contribution in [0.2, 0.25) is 13.3 Å². The first kappa shape index (κ1) is 31.3. The molecule has 0 fully saturated rings. The maximum Gasteiger partial charge on any atom is 2.00 e. The molecule has 0 aromatic heterocycles. The smallest absolute Gasteiger partial charge is 0.184 e. The standard InChI is InChI=1S/C7H6O.C6H5.3C4H9.Cu.Li.Sn/c1-8-7-5-3-2-4-6-7;1-2-4-6-5-3-1;3*1-3-4-2;;;/h2-5H,1H2;1-5H;3*1,3-4H2,2H3;;;/q2*-1;;;;+2;;. The van der Waals surface area contributed by atoms with Crippen LogP contribution in [-0.2, 0) is 17.1 Å². The second-order valence-electron chi connectivity index (χ2n) is 7.40. The van der Waals surface area contributed by atoms with E-state index in [2.05, 4.69) is 39.0 Å². The Kier molecular flexibility index (Phi) is 23.1. The fourth-order valence-electron chi connectivity index (χ4n) is 3.29. The van der Waals surface area contributed by atoms with Crippen LogP contribution in [0, 0.1) is 12.1 Å². The van der Waals surface area contributed by atoms with Crippen molar-refractivity contribution in [3.05, 3.63) is 66.7 Å². The first-order chi connectivity index (χ1) is 13.3. The Morgan fingerprint density at radius 2 is 1.28 bits per heavy atom. The number of hydrogen-bond acceptors (Lipinski definition) is 1. The summed E-state index contributed by atoms with van der Waals surface area (Å²) >= 11 is -2.13. The van der Waals surface area contributed by atoms with Gasteiger partial charge in [0.2, 0.25) is 0 Å². The minimum Gasteiger partial charge on any atom is -0.184 e. The molecular formula is C25H38CuLiOSn. The molecule has 0 heterocycles. The van der Waals surface area contributed by atoms with Gasteiger partial charge in [-0.25, -0.2) is 0 Å². The van der Waals surface area contributed by atoms with Crippen molar-refractivity contribution in [3.63, 3.8) is 0 Å². The van der Waals surface area contributed by atoms with Crippen molar-refractivity contribution in [3.8, 4) is 5.75 Å². The van der Waals surface area contributed by atoms with E-state index in [1.54, 1.807) is 0 Å². The van der Waals surface area contributed by atoms with Crippen LogP contribution in [0.25, 0.3) is 0 Å². The number of benzene rings is 2. The van der Waals surface area contributed by atoms with Crippen molar-refractivity contribution in [2.75, 3.05) is 4.62 Å². The quantitative estimate of drug-likeness (QED) is 0.201. The van der Waals surface area contributed by atoms with Gasteiger partial charge in [-0.1, -0.05) is 0 Å². The predicted molar refractivity (Wildman–Crippen MR) is 127 cm³/mol. The third kappa shape index (κ3) is 15.6. The molecule has 0 atom stereocenters. The summed E-state index contributed by atoms with van der Waals surface area (Å²) in [5, 5.41) is 0. The van der Waals surface area contributed by atoms with Gasteiger partial charge in [-0.15, -0.1) is 0 Å². The molecule has 0 aliphatic heterocycles. The van der Waals surface area contributed by atoms with Crippen LogP contribution in [0.15, 0.2) is 54.6 Å². The van der Waals surface area contributed by atoms with Crippen LogP contribution in [0.5, 0.6) is 5.75 Å². The number of para-hydroxylation sites is 1. The minimum absolute atomic E-state index is 0. The molecule has 1 nitrogen and oxygen atoms in total. The average Bonchev–Trinajstić information content (AvgIpc) is 2.75. The zero-order chi connectivity index (χ0) is 19.6. The van der Waals surface area contributed by atoms with Crippen LogP contribution in [0.1, 0.15) is 59.3 Å². The van der Waals surface area contributed by atoms with Crippen LogP contribution >= 0.6 is 0 Å². The normalized spacial score (nSPS) is 10.0. The Labute approximate surface area is 207 Å². The topological polar surface area (TPSA) is 9.23 Å². The molecule has 160 valence electrons. The fourth-order valence-corrected chi connectivity index (χ4v) is 17.4. The first-order valence-electron chi connectivity index (χ1n) is 10.8. The largest absolute Gasteiger partial charge is 2.00 e. The van der Waals surface area contributed by atoms with Crippen LogP contribution in [-0.4, -0.2) is 41.9 Å². The zero-order valence-electron chi connectivity index (χ0n) is 19.0. The zero-order valence-corrected chi connectivity index (χ0v) is 22.8. The maximum absolute atomic E-state index is 6.20. The van der Waals surface area contributed by atoms with Gasteiger partial charge in [0.05, 0.1) is 0 Å². The second kappa shape index (κ2) is 21.4. The molecule has 2 aromatic rings. The van der Waals surface area contributed by atoms with Crippen molar-refractivity contribution >= 4 is 37.2 Å². The van der Waals surface area contributed by atoms with E-state index < -0.39 is 18.4 Å². The van der Waals surface area contributed by atoms with Gasteiger partial charge in [-0.3, -0.25) is 0 Å². The van der Waals surface area contributed by atoms with Gasteiger partial charge in [0, 0.05) is 18.9 Å². The monoisotopic (exact) mass is 544 g/mol. The number of ether oxygens (including phenoxy) is 1. The number of unbranched alkanes of at least 4 members (excludes halogenated alkanes) is 3. The van der Waals surface area contributed by atoms with E-state index in [0.29, 0.717) is 0 Å². The fraction of sp³-hybridized carbons (Fsp3) is 0.520. The molecule has 0 amide bonds. The molecule has 0 aliphatic carbocycles. The molecule has 0 N–H and O–H groups in total. The first-order valence-corrected chi connectivity index (χ1v) is 18.8. The van der Waals surface area contributed by atoms with Gasteiger partial charge in [-0.05, 0) is 0 Å². The van der Waals surface area contributed by atoms with E-state index >= 15 is 0 Å². The summed E-state index contributed by atoms with van der Waals surface area (Å²) in [5.74, 6) is 0.947. The summed E-state index contributed by atoms with van der Waals surface area (Å²) in [7, 11) is 0. The Hall–Kier alpha value is 0.156.